The molecule has 1 aliphatic heterocycles. The largest absolute Gasteiger partial charge is 0.362 e. The molecule has 5 nitrogen and oxygen atoms in total. The number of sulfone groups is 1. The topological polar surface area (TPSA) is 75.9 Å². The highest BCUT2D eigenvalue weighted by molar-refractivity contribution is 8.07. The zero-order chi connectivity index (χ0) is 7.78. The maximum absolute atomic E-state index is 10.6. The second-order valence-electron chi connectivity index (χ2n) is 1.71. The van der Waals surface area contributed by atoms with Crippen molar-refractivity contribution in [2.45, 2.75) is 0 Å². The lowest BCUT2D eigenvalue weighted by atomic mass is 10.7. The lowest BCUT2D eigenvalue weighted by Gasteiger charge is -1.99. The molecule has 0 fully saturated rings. The molecule has 6 heteroatoms. The molecule has 0 aliphatic carbocycles. The van der Waals surface area contributed by atoms with E-state index in [1.165, 1.54) is 0 Å². The number of rotatable bonds is 0. The van der Waals surface area contributed by atoms with Crippen molar-refractivity contribution < 1.29 is 13.2 Å². The van der Waals surface area contributed by atoms with Crippen LogP contribution in [-0.2, 0) is 14.6 Å². The SMILES string of the molecule is CS(=O)(=O)C1=N[C-]=NC1=O. The van der Waals surface area contributed by atoms with Crippen LogP contribution in [0.4, 0.5) is 0 Å². The fraction of sp³-hybridized carbons (Fsp3) is 0.250. The summed E-state index contributed by atoms with van der Waals surface area (Å²) in [6.07, 6.45) is 2.81. The third-order valence-electron chi connectivity index (χ3n) is 0.837. The van der Waals surface area contributed by atoms with Gasteiger partial charge in [-0.2, -0.15) is 0 Å². The first-order chi connectivity index (χ1) is 4.52. The van der Waals surface area contributed by atoms with E-state index in [1.54, 1.807) is 0 Å². The summed E-state index contributed by atoms with van der Waals surface area (Å²) in [5.41, 5.74) is 0. The first-order valence-electron chi connectivity index (χ1n) is 2.29. The van der Waals surface area contributed by atoms with Gasteiger partial charge in [-0.1, -0.05) is 0 Å². The average molecular weight is 159 g/mol. The van der Waals surface area contributed by atoms with E-state index in [-0.39, 0.29) is 0 Å². The van der Waals surface area contributed by atoms with Crippen LogP contribution in [0.2, 0.25) is 0 Å². The van der Waals surface area contributed by atoms with Crippen molar-refractivity contribution in [2.75, 3.05) is 6.26 Å². The molecule has 1 rings (SSSR count). The molecule has 10 heavy (non-hydrogen) atoms. The van der Waals surface area contributed by atoms with Crippen molar-refractivity contribution in [3.63, 3.8) is 0 Å². The third kappa shape index (κ3) is 1.10. The summed E-state index contributed by atoms with van der Waals surface area (Å²) >= 11 is 0. The van der Waals surface area contributed by atoms with Gasteiger partial charge in [-0.25, -0.2) is 8.42 Å². The number of carbonyl (C=O) groups excluding carboxylic acids is 1. The van der Waals surface area contributed by atoms with Crippen LogP contribution in [0, 0.1) is 0 Å². The van der Waals surface area contributed by atoms with Gasteiger partial charge < -0.3 is 14.8 Å². The Balaban J connectivity index is 3.12. The van der Waals surface area contributed by atoms with Gasteiger partial charge in [-0.15, -0.1) is 0 Å². The molecule has 0 aromatic rings. The number of nitrogens with zero attached hydrogens (tertiary/aromatic N) is 2. The monoisotopic (exact) mass is 159 g/mol. The van der Waals surface area contributed by atoms with Crippen molar-refractivity contribution in [3.8, 4) is 0 Å². The fourth-order valence-electron chi connectivity index (χ4n) is 0.453. The number of aliphatic imine (C=N–C) groups is 2. The van der Waals surface area contributed by atoms with Gasteiger partial charge in [0.25, 0.3) is 0 Å². The highest BCUT2D eigenvalue weighted by Crippen LogP contribution is 1.97. The quantitative estimate of drug-likeness (QED) is 0.420. The van der Waals surface area contributed by atoms with Crippen molar-refractivity contribution in [1.82, 2.24) is 0 Å². The van der Waals surface area contributed by atoms with Crippen molar-refractivity contribution in [1.29, 1.82) is 0 Å². The van der Waals surface area contributed by atoms with Crippen molar-refractivity contribution in [2.24, 2.45) is 9.98 Å². The molecule has 0 radical (unpaired) electrons. The smallest absolute Gasteiger partial charge is 0.147 e. The Bertz CT molecular complexity index is 324. The highest BCUT2D eigenvalue weighted by Gasteiger charge is 2.12. The summed E-state index contributed by atoms with van der Waals surface area (Å²) in [6, 6.07) is 0. The predicted molar refractivity (Wildman–Crippen MR) is 34.7 cm³/mol. The van der Waals surface area contributed by atoms with Crippen LogP contribution in [0.25, 0.3) is 0 Å². The van der Waals surface area contributed by atoms with E-state index in [2.05, 4.69) is 9.98 Å². The molecule has 54 valence electrons. The number of hydrogen-bond acceptors (Lipinski definition) is 4. The Hall–Kier alpha value is -1.04. The number of amides is 1. The second-order valence-corrected chi connectivity index (χ2v) is 3.64. The van der Waals surface area contributed by atoms with Gasteiger partial charge in [0.2, 0.25) is 0 Å². The molecular formula is C4H3N2O3S-. The molecule has 1 heterocycles. The normalized spacial score (nSPS) is 17.7. The first kappa shape index (κ1) is 7.07. The standard InChI is InChI=1S/C4H3N2O3S/c1-10(8,9)4-3(7)5-2-6-4/h1H3/q-1. The van der Waals surface area contributed by atoms with Gasteiger partial charge in [0.1, 0.15) is 15.7 Å². The Morgan fingerprint density at radius 1 is 1.50 bits per heavy atom. The maximum Gasteiger partial charge on any atom is 0.147 e. The Morgan fingerprint density at radius 2 is 2.10 bits per heavy atom. The Labute approximate surface area is 57.4 Å². The van der Waals surface area contributed by atoms with Crippen LogP contribution in [-0.4, -0.2) is 32.0 Å². The van der Waals surface area contributed by atoms with Gasteiger partial charge in [-0.3, -0.25) is 0 Å². The van der Waals surface area contributed by atoms with E-state index in [9.17, 15) is 13.2 Å². The van der Waals surface area contributed by atoms with E-state index in [0.717, 1.165) is 6.26 Å². The molecule has 0 N–H and O–H groups in total. The Kier molecular flexibility index (Phi) is 1.40. The Morgan fingerprint density at radius 3 is 2.30 bits per heavy atom. The summed E-state index contributed by atoms with van der Waals surface area (Å²) in [7, 11) is -3.51. The molecule has 0 aromatic heterocycles. The molecule has 0 atom stereocenters. The van der Waals surface area contributed by atoms with Crippen molar-refractivity contribution in [3.05, 3.63) is 0 Å². The van der Waals surface area contributed by atoms with Gasteiger partial charge in [0.15, 0.2) is 0 Å². The van der Waals surface area contributed by atoms with Gasteiger partial charge >= 0.3 is 0 Å². The molecule has 1 aliphatic rings. The maximum atomic E-state index is 10.6. The van der Waals surface area contributed by atoms with Crippen LogP contribution in [0.1, 0.15) is 0 Å². The average Bonchev–Trinajstić information content (AvgIpc) is 2.11. The molecule has 0 unspecified atom stereocenters. The minimum absolute atomic E-state index is 0.535. The van der Waals surface area contributed by atoms with Crippen molar-refractivity contribution >= 4 is 27.1 Å². The molecule has 1 amide bonds. The molecule has 0 spiro atoms. The van der Waals surface area contributed by atoms with Crippen LogP contribution >= 0.6 is 0 Å². The summed E-state index contributed by atoms with van der Waals surface area (Å²) in [5, 5.41) is -0.535. The molecule has 0 saturated heterocycles. The van der Waals surface area contributed by atoms with E-state index >= 15 is 0 Å². The minimum atomic E-state index is -3.51. The van der Waals surface area contributed by atoms with Gasteiger partial charge in [-0.05, 0) is 0 Å². The molecular weight excluding hydrogens is 156 g/mol. The van der Waals surface area contributed by atoms with E-state index < -0.39 is 20.8 Å². The summed E-state index contributed by atoms with van der Waals surface area (Å²) < 4.78 is 21.2. The molecule has 0 bridgehead atoms. The van der Waals surface area contributed by atoms with Crippen LogP contribution in [0.3, 0.4) is 0 Å². The summed E-state index contributed by atoms with van der Waals surface area (Å²) in [4.78, 5) is 16.6. The fourth-order valence-corrected chi connectivity index (χ4v) is 1.02. The van der Waals surface area contributed by atoms with Gasteiger partial charge in [0, 0.05) is 12.6 Å². The zero-order valence-corrected chi connectivity index (χ0v) is 5.84. The zero-order valence-electron chi connectivity index (χ0n) is 5.03. The molecule has 0 saturated carbocycles. The summed E-state index contributed by atoms with van der Waals surface area (Å²) in [6.45, 7) is 0. The van der Waals surface area contributed by atoms with Gasteiger partial charge in [0.05, 0.1) is 5.04 Å². The first-order valence-corrected chi connectivity index (χ1v) is 4.19. The van der Waals surface area contributed by atoms with Crippen LogP contribution in [0.5, 0.6) is 0 Å². The minimum Gasteiger partial charge on any atom is -0.362 e. The van der Waals surface area contributed by atoms with E-state index in [0.29, 0.717) is 0 Å². The second kappa shape index (κ2) is 1.98. The number of carbonyl (C=O) groups is 1. The van der Waals surface area contributed by atoms with Crippen LogP contribution < -0.4 is 0 Å². The number of hydrogen-bond donors (Lipinski definition) is 0. The highest BCUT2D eigenvalue weighted by atomic mass is 32.2. The lowest BCUT2D eigenvalue weighted by Crippen LogP contribution is -2.18. The van der Waals surface area contributed by atoms with E-state index in [1.807, 2.05) is 6.34 Å². The molecule has 0 aromatic carbocycles. The summed E-state index contributed by atoms with van der Waals surface area (Å²) in [5.74, 6) is -0.845. The lowest BCUT2D eigenvalue weighted by molar-refractivity contribution is -0.111. The van der Waals surface area contributed by atoms with Crippen LogP contribution in [0.15, 0.2) is 9.98 Å². The van der Waals surface area contributed by atoms with E-state index in [4.69, 9.17) is 0 Å². The predicted octanol–water partition coefficient (Wildman–Crippen LogP) is -1.12. The third-order valence-corrected chi connectivity index (χ3v) is 1.81.